The highest BCUT2D eigenvalue weighted by Gasteiger charge is 2.59. The van der Waals surface area contributed by atoms with E-state index in [0.717, 1.165) is 51.7 Å². The second-order valence-corrected chi connectivity index (χ2v) is 6.85. The molecule has 1 saturated heterocycles. The molecule has 3 unspecified atom stereocenters. The van der Waals surface area contributed by atoms with Crippen molar-refractivity contribution in [1.29, 1.82) is 0 Å². The third-order valence-corrected chi connectivity index (χ3v) is 4.91. The van der Waals surface area contributed by atoms with Crippen molar-refractivity contribution in [3.8, 4) is 0 Å². The van der Waals surface area contributed by atoms with Crippen LogP contribution in [0.1, 0.15) is 47.0 Å². The molecule has 6 heteroatoms. The Hall–Kier alpha value is -0.0800. The van der Waals surface area contributed by atoms with Gasteiger partial charge in [0.1, 0.15) is 0 Å². The first-order valence-corrected chi connectivity index (χ1v) is 8.85. The Kier molecular flexibility index (Phi) is 9.15. The molecule has 0 bridgehead atoms. The van der Waals surface area contributed by atoms with E-state index in [-0.39, 0.29) is 29.4 Å². The monoisotopic (exact) mass is 439 g/mol. The third kappa shape index (κ3) is 5.19. The largest absolute Gasteiger partial charge is 0.382 e. The van der Waals surface area contributed by atoms with Crippen molar-refractivity contribution in [2.45, 2.75) is 59.1 Å². The molecule has 1 heterocycles. The summed E-state index contributed by atoms with van der Waals surface area (Å²) in [6.45, 7) is 13.0. The number of nitrogens with zero attached hydrogens (tertiary/aromatic N) is 1. The molecule has 0 aromatic carbocycles. The minimum Gasteiger partial charge on any atom is -0.382 e. The predicted molar refractivity (Wildman–Crippen MR) is 106 cm³/mol. The molecule has 1 aliphatic carbocycles. The molecule has 5 nitrogen and oxygen atoms in total. The highest BCUT2D eigenvalue weighted by atomic mass is 127. The van der Waals surface area contributed by atoms with Crippen LogP contribution in [0.25, 0.3) is 0 Å². The van der Waals surface area contributed by atoms with E-state index in [2.05, 4.69) is 31.4 Å². The fraction of sp³-hybridized carbons (Fsp3) is 0.941. The molecule has 23 heavy (non-hydrogen) atoms. The summed E-state index contributed by atoms with van der Waals surface area (Å²) in [6.07, 6.45) is 3.72. The quantitative estimate of drug-likeness (QED) is 0.264. The molecular weight excluding hydrogens is 405 g/mol. The molecular formula is C17H34IN3O2. The number of unbranched alkanes of at least 4 members (excludes halogenated alkanes) is 1. The van der Waals surface area contributed by atoms with Crippen LogP contribution in [0.5, 0.6) is 0 Å². The van der Waals surface area contributed by atoms with E-state index in [1.54, 1.807) is 0 Å². The average Bonchev–Trinajstić information content (AvgIpc) is 2.95. The van der Waals surface area contributed by atoms with E-state index in [9.17, 15) is 0 Å². The summed E-state index contributed by atoms with van der Waals surface area (Å²) >= 11 is 0. The first-order valence-electron chi connectivity index (χ1n) is 8.85. The molecule has 0 spiro atoms. The Morgan fingerprint density at radius 1 is 1.30 bits per heavy atom. The van der Waals surface area contributed by atoms with Crippen molar-refractivity contribution in [1.82, 2.24) is 10.6 Å². The summed E-state index contributed by atoms with van der Waals surface area (Å²) in [6, 6.07) is 0.459. The van der Waals surface area contributed by atoms with Crippen molar-refractivity contribution in [2.24, 2.45) is 16.3 Å². The molecule has 3 atom stereocenters. The topological polar surface area (TPSA) is 54.9 Å². The van der Waals surface area contributed by atoms with Crippen LogP contribution in [0.4, 0.5) is 0 Å². The van der Waals surface area contributed by atoms with Gasteiger partial charge < -0.3 is 20.1 Å². The summed E-state index contributed by atoms with van der Waals surface area (Å²) in [4.78, 5) is 4.71. The van der Waals surface area contributed by atoms with E-state index >= 15 is 0 Å². The summed E-state index contributed by atoms with van der Waals surface area (Å²) in [5.41, 5.74) is 0.187. The molecule has 2 N–H and O–H groups in total. The number of hydrogen-bond acceptors (Lipinski definition) is 3. The van der Waals surface area contributed by atoms with E-state index in [1.165, 1.54) is 6.42 Å². The predicted octanol–water partition coefficient (Wildman–Crippen LogP) is 2.79. The number of nitrogens with one attached hydrogen (secondary N) is 2. The molecule has 1 saturated carbocycles. The summed E-state index contributed by atoms with van der Waals surface area (Å²) in [5.74, 6) is 1.58. The first kappa shape index (κ1) is 21.0. The fourth-order valence-electron chi connectivity index (χ4n) is 3.74. The second kappa shape index (κ2) is 10.0. The lowest BCUT2D eigenvalue weighted by Crippen LogP contribution is -2.67. The normalized spacial score (nSPS) is 28.5. The minimum atomic E-state index is 0. The van der Waals surface area contributed by atoms with Crippen LogP contribution in [-0.2, 0) is 9.47 Å². The number of aliphatic imine (C=N–C) groups is 1. The van der Waals surface area contributed by atoms with Gasteiger partial charge in [0.2, 0.25) is 0 Å². The van der Waals surface area contributed by atoms with Gasteiger partial charge in [-0.05, 0) is 33.1 Å². The van der Waals surface area contributed by atoms with E-state index < -0.39 is 0 Å². The summed E-state index contributed by atoms with van der Waals surface area (Å²) in [5, 5.41) is 7.01. The Morgan fingerprint density at radius 2 is 2.09 bits per heavy atom. The van der Waals surface area contributed by atoms with E-state index in [4.69, 9.17) is 14.5 Å². The SMILES string of the molecule is CCNC(=NCCCCOCC)NC1C2CCOC2C1(C)C.I. The Labute approximate surface area is 158 Å². The lowest BCUT2D eigenvalue weighted by molar-refractivity contribution is -0.106. The zero-order valence-electron chi connectivity index (χ0n) is 15.1. The Bertz CT molecular complexity index is 377. The van der Waals surface area contributed by atoms with Gasteiger partial charge in [0.15, 0.2) is 5.96 Å². The molecule has 0 aromatic rings. The number of ether oxygens (including phenoxy) is 2. The highest BCUT2D eigenvalue weighted by molar-refractivity contribution is 14.0. The van der Waals surface area contributed by atoms with Gasteiger partial charge in [-0.25, -0.2) is 0 Å². The molecule has 2 aliphatic rings. The Morgan fingerprint density at radius 3 is 2.78 bits per heavy atom. The van der Waals surface area contributed by atoms with Crippen molar-refractivity contribution >= 4 is 29.9 Å². The van der Waals surface area contributed by atoms with Crippen LogP contribution in [0.3, 0.4) is 0 Å². The number of fused-ring (bicyclic) bond motifs is 1. The zero-order valence-corrected chi connectivity index (χ0v) is 17.4. The smallest absolute Gasteiger partial charge is 0.191 e. The van der Waals surface area contributed by atoms with Crippen molar-refractivity contribution in [3.63, 3.8) is 0 Å². The lowest BCUT2D eigenvalue weighted by atomic mass is 9.57. The lowest BCUT2D eigenvalue weighted by Gasteiger charge is -2.54. The Balaban J connectivity index is 0.00000264. The van der Waals surface area contributed by atoms with Crippen LogP contribution in [0.15, 0.2) is 4.99 Å². The van der Waals surface area contributed by atoms with Crippen molar-refractivity contribution in [3.05, 3.63) is 0 Å². The van der Waals surface area contributed by atoms with Crippen LogP contribution in [0, 0.1) is 11.3 Å². The van der Waals surface area contributed by atoms with Crippen molar-refractivity contribution < 1.29 is 9.47 Å². The molecule has 2 rings (SSSR count). The van der Waals surface area contributed by atoms with Gasteiger partial charge in [0.05, 0.1) is 6.10 Å². The fourth-order valence-corrected chi connectivity index (χ4v) is 3.74. The number of guanidine groups is 1. The minimum absolute atomic E-state index is 0. The molecule has 136 valence electrons. The van der Waals surface area contributed by atoms with Gasteiger partial charge in [-0.3, -0.25) is 4.99 Å². The van der Waals surface area contributed by atoms with Gasteiger partial charge in [0, 0.05) is 50.3 Å². The third-order valence-electron chi connectivity index (χ3n) is 4.91. The van der Waals surface area contributed by atoms with Crippen molar-refractivity contribution in [2.75, 3.05) is 32.9 Å². The average molecular weight is 439 g/mol. The molecule has 2 fully saturated rings. The zero-order chi connectivity index (χ0) is 16.0. The summed E-state index contributed by atoms with van der Waals surface area (Å²) < 4.78 is 11.2. The van der Waals surface area contributed by atoms with Gasteiger partial charge in [-0.2, -0.15) is 0 Å². The van der Waals surface area contributed by atoms with Gasteiger partial charge in [0.25, 0.3) is 0 Å². The maximum Gasteiger partial charge on any atom is 0.191 e. The van der Waals surface area contributed by atoms with Crippen LogP contribution in [0.2, 0.25) is 0 Å². The van der Waals surface area contributed by atoms with Crippen LogP contribution < -0.4 is 10.6 Å². The van der Waals surface area contributed by atoms with Crippen LogP contribution >= 0.6 is 24.0 Å². The van der Waals surface area contributed by atoms with Gasteiger partial charge >= 0.3 is 0 Å². The standard InChI is InChI=1S/C17H33N3O2.HI/c1-5-18-16(19-10-7-8-11-21-6-2)20-14-13-9-12-22-15(13)17(14,3)4;/h13-15H,5-12H2,1-4H3,(H2,18,19,20);1H. The van der Waals surface area contributed by atoms with Gasteiger partial charge in [-0.1, -0.05) is 13.8 Å². The number of rotatable bonds is 8. The van der Waals surface area contributed by atoms with E-state index in [1.807, 2.05) is 6.92 Å². The van der Waals surface area contributed by atoms with E-state index in [0.29, 0.717) is 18.1 Å². The highest BCUT2D eigenvalue weighted by Crippen LogP contribution is 2.52. The van der Waals surface area contributed by atoms with Gasteiger partial charge in [-0.15, -0.1) is 24.0 Å². The molecule has 0 amide bonds. The maximum atomic E-state index is 5.86. The first-order chi connectivity index (χ1) is 10.6. The second-order valence-electron chi connectivity index (χ2n) is 6.85. The summed E-state index contributed by atoms with van der Waals surface area (Å²) in [7, 11) is 0. The molecule has 1 aliphatic heterocycles. The number of halogens is 1. The molecule has 0 radical (unpaired) electrons. The number of hydrogen-bond donors (Lipinski definition) is 2. The van der Waals surface area contributed by atoms with Crippen LogP contribution in [-0.4, -0.2) is 51.0 Å². The molecule has 0 aromatic heterocycles. The maximum absolute atomic E-state index is 5.86.